The molecule has 1 saturated heterocycles. The van der Waals surface area contributed by atoms with Crippen molar-refractivity contribution in [1.29, 1.82) is 0 Å². The van der Waals surface area contributed by atoms with Crippen molar-refractivity contribution >= 4 is 5.84 Å². The number of nitrogens with zero attached hydrogens (tertiary/aromatic N) is 1. The summed E-state index contributed by atoms with van der Waals surface area (Å²) >= 11 is 0. The molecule has 0 aromatic heterocycles. The van der Waals surface area contributed by atoms with E-state index in [4.69, 9.17) is 0 Å². The van der Waals surface area contributed by atoms with Gasteiger partial charge < -0.3 is 5.32 Å². The van der Waals surface area contributed by atoms with Crippen LogP contribution in [0.2, 0.25) is 0 Å². The largest absolute Gasteiger partial charge is 0.364 e. The van der Waals surface area contributed by atoms with Gasteiger partial charge in [-0.25, -0.2) is 4.39 Å². The van der Waals surface area contributed by atoms with E-state index < -0.39 is 6.17 Å². The number of alkyl halides is 1. The molecule has 2 nitrogen and oxygen atoms in total. The van der Waals surface area contributed by atoms with E-state index in [9.17, 15) is 4.39 Å². The maximum Gasteiger partial charge on any atom is 0.159 e. The summed E-state index contributed by atoms with van der Waals surface area (Å²) in [6, 6.07) is 9.97. The average Bonchev–Trinajstić information content (AvgIpc) is 2.61. The van der Waals surface area contributed by atoms with Gasteiger partial charge in [0.2, 0.25) is 0 Å². The lowest BCUT2D eigenvalue weighted by molar-refractivity contribution is 0.406. The van der Waals surface area contributed by atoms with Gasteiger partial charge >= 0.3 is 0 Å². The molecule has 2 rings (SSSR count). The van der Waals surface area contributed by atoms with E-state index >= 15 is 0 Å². The molecule has 1 aromatic carbocycles. The third-order valence-corrected chi connectivity index (χ3v) is 2.50. The molecular weight excluding hydrogens is 179 g/mol. The molecule has 2 atom stereocenters. The molecule has 74 valence electrons. The summed E-state index contributed by atoms with van der Waals surface area (Å²) in [6.45, 7) is 0. The van der Waals surface area contributed by atoms with Crippen molar-refractivity contribution in [2.45, 2.75) is 18.6 Å². The minimum absolute atomic E-state index is 0.0740. The highest BCUT2D eigenvalue weighted by atomic mass is 19.1. The van der Waals surface area contributed by atoms with Crippen LogP contribution in [0, 0.1) is 0 Å². The lowest BCUT2D eigenvalue weighted by atomic mass is 10.1. The molecule has 1 aliphatic heterocycles. The van der Waals surface area contributed by atoms with Crippen LogP contribution in [0.1, 0.15) is 18.0 Å². The van der Waals surface area contributed by atoms with E-state index in [0.29, 0.717) is 12.3 Å². The van der Waals surface area contributed by atoms with Gasteiger partial charge in [-0.1, -0.05) is 30.3 Å². The molecule has 0 saturated carbocycles. The predicted octanol–water partition coefficient (Wildman–Crippen LogP) is 2.09. The van der Waals surface area contributed by atoms with Crippen molar-refractivity contribution in [2.24, 2.45) is 4.99 Å². The molecule has 3 heteroatoms. The monoisotopic (exact) mass is 192 g/mol. The Hall–Kier alpha value is -1.38. The number of hydrogen-bond acceptors (Lipinski definition) is 1. The van der Waals surface area contributed by atoms with Crippen LogP contribution in [0.3, 0.4) is 0 Å². The van der Waals surface area contributed by atoms with Crippen LogP contribution in [0.4, 0.5) is 4.39 Å². The van der Waals surface area contributed by atoms with Crippen molar-refractivity contribution < 1.29 is 4.39 Å². The van der Waals surface area contributed by atoms with E-state index in [1.807, 2.05) is 30.3 Å². The summed E-state index contributed by atoms with van der Waals surface area (Å²) < 4.78 is 13.3. The van der Waals surface area contributed by atoms with Gasteiger partial charge in [-0.2, -0.15) is 0 Å². The summed E-state index contributed by atoms with van der Waals surface area (Å²) in [4.78, 5) is 3.87. The van der Waals surface area contributed by atoms with Crippen molar-refractivity contribution in [3.05, 3.63) is 35.9 Å². The summed E-state index contributed by atoms with van der Waals surface area (Å²) in [6.07, 6.45) is -0.457. The molecule has 0 amide bonds. The Morgan fingerprint density at radius 3 is 2.64 bits per heavy atom. The molecule has 0 bridgehead atoms. The summed E-state index contributed by atoms with van der Waals surface area (Å²) in [5, 5.41) is 3.08. The van der Waals surface area contributed by atoms with E-state index in [-0.39, 0.29) is 6.04 Å². The average molecular weight is 192 g/mol. The minimum atomic E-state index is -0.940. The number of amidine groups is 1. The van der Waals surface area contributed by atoms with E-state index in [1.54, 1.807) is 7.05 Å². The predicted molar refractivity (Wildman–Crippen MR) is 55.2 cm³/mol. The summed E-state index contributed by atoms with van der Waals surface area (Å²) in [5.41, 5.74) is 1.12. The van der Waals surface area contributed by atoms with Gasteiger partial charge in [0.25, 0.3) is 0 Å². The number of halogens is 1. The Labute approximate surface area is 82.9 Å². The molecular formula is C11H13FN2. The fraction of sp³-hybridized carbons (Fsp3) is 0.364. The molecule has 14 heavy (non-hydrogen) atoms. The number of rotatable bonds is 1. The first kappa shape index (κ1) is 9.19. The van der Waals surface area contributed by atoms with Crippen molar-refractivity contribution in [2.75, 3.05) is 7.05 Å². The zero-order valence-corrected chi connectivity index (χ0v) is 8.07. The molecule has 0 spiro atoms. The van der Waals surface area contributed by atoms with Gasteiger partial charge in [-0.3, -0.25) is 4.99 Å². The molecule has 1 aliphatic rings. The second kappa shape index (κ2) is 3.78. The van der Waals surface area contributed by atoms with Crippen LogP contribution in [-0.2, 0) is 0 Å². The highest BCUT2D eigenvalue weighted by molar-refractivity contribution is 5.88. The maximum absolute atomic E-state index is 13.3. The van der Waals surface area contributed by atoms with Crippen molar-refractivity contribution in [3.8, 4) is 0 Å². The lowest BCUT2D eigenvalue weighted by Crippen LogP contribution is -2.22. The first-order chi connectivity index (χ1) is 6.81. The van der Waals surface area contributed by atoms with Crippen LogP contribution in [-0.4, -0.2) is 19.1 Å². The second-order valence-corrected chi connectivity index (χ2v) is 3.42. The van der Waals surface area contributed by atoms with E-state index in [1.165, 1.54) is 0 Å². The third kappa shape index (κ3) is 1.62. The van der Waals surface area contributed by atoms with Crippen LogP contribution < -0.4 is 5.32 Å². The molecule has 1 heterocycles. The van der Waals surface area contributed by atoms with Gasteiger partial charge in [-0.05, 0) is 5.56 Å². The third-order valence-electron chi connectivity index (χ3n) is 2.50. The number of hydrogen-bond donors (Lipinski definition) is 1. The van der Waals surface area contributed by atoms with Gasteiger partial charge in [0.15, 0.2) is 6.17 Å². The molecule has 2 unspecified atom stereocenters. The standard InChI is InChI=1S/C11H13FN2/c1-13-11-9(12)7-10(14-11)8-5-3-2-4-6-8/h2-6,9-10H,7H2,1H3,(H,13,14). The van der Waals surface area contributed by atoms with E-state index in [2.05, 4.69) is 10.3 Å². The number of nitrogens with one attached hydrogen (secondary N) is 1. The molecule has 0 aliphatic carbocycles. The minimum Gasteiger partial charge on any atom is -0.364 e. The van der Waals surface area contributed by atoms with Crippen LogP contribution >= 0.6 is 0 Å². The maximum atomic E-state index is 13.3. The van der Waals surface area contributed by atoms with E-state index in [0.717, 1.165) is 5.56 Å². The first-order valence-corrected chi connectivity index (χ1v) is 4.73. The fourth-order valence-electron chi connectivity index (χ4n) is 1.76. The number of aliphatic imine (C=N–C) groups is 1. The first-order valence-electron chi connectivity index (χ1n) is 4.73. The van der Waals surface area contributed by atoms with Crippen molar-refractivity contribution in [1.82, 2.24) is 5.32 Å². The smallest absolute Gasteiger partial charge is 0.159 e. The molecule has 1 aromatic rings. The van der Waals surface area contributed by atoms with Gasteiger partial charge in [0, 0.05) is 13.5 Å². The van der Waals surface area contributed by atoms with Crippen molar-refractivity contribution in [3.63, 3.8) is 0 Å². The SMILES string of the molecule is CN=C1NC(c2ccccc2)CC1F. The highest BCUT2D eigenvalue weighted by Crippen LogP contribution is 2.25. The summed E-state index contributed by atoms with van der Waals surface area (Å²) in [7, 11) is 1.61. The van der Waals surface area contributed by atoms with Gasteiger partial charge in [0.05, 0.1) is 6.04 Å². The normalized spacial score (nSPS) is 29.1. The Kier molecular flexibility index (Phi) is 2.48. The Morgan fingerprint density at radius 1 is 1.36 bits per heavy atom. The zero-order valence-electron chi connectivity index (χ0n) is 8.07. The molecule has 0 radical (unpaired) electrons. The topological polar surface area (TPSA) is 24.4 Å². The number of benzene rings is 1. The second-order valence-electron chi connectivity index (χ2n) is 3.42. The molecule has 1 N–H and O–H groups in total. The fourth-order valence-corrected chi connectivity index (χ4v) is 1.76. The Morgan fingerprint density at radius 2 is 2.07 bits per heavy atom. The van der Waals surface area contributed by atoms with Crippen LogP contribution in [0.15, 0.2) is 35.3 Å². The van der Waals surface area contributed by atoms with Crippen LogP contribution in [0.25, 0.3) is 0 Å². The van der Waals surface area contributed by atoms with Crippen LogP contribution in [0.5, 0.6) is 0 Å². The zero-order chi connectivity index (χ0) is 9.97. The van der Waals surface area contributed by atoms with Gasteiger partial charge in [0.1, 0.15) is 5.84 Å². The molecule has 1 fully saturated rings. The highest BCUT2D eigenvalue weighted by Gasteiger charge is 2.30. The lowest BCUT2D eigenvalue weighted by Gasteiger charge is -2.09. The summed E-state index contributed by atoms with van der Waals surface area (Å²) in [5.74, 6) is 0.471. The quantitative estimate of drug-likeness (QED) is 0.724. The Balaban J connectivity index is 2.17. The van der Waals surface area contributed by atoms with Gasteiger partial charge in [-0.15, -0.1) is 0 Å². The Bertz CT molecular complexity index is 334.